The van der Waals surface area contributed by atoms with Crippen molar-refractivity contribution >= 4 is 33.3 Å². The van der Waals surface area contributed by atoms with E-state index in [1.165, 1.54) is 18.4 Å². The first kappa shape index (κ1) is 8.89. The lowest BCUT2D eigenvalue weighted by Gasteiger charge is -1.90. The first-order valence-corrected chi connectivity index (χ1v) is 4.63. The number of nitrogens with two attached hydrogens (primary N) is 1. The number of hydrogen-bond acceptors (Lipinski definition) is 6. The van der Waals surface area contributed by atoms with Crippen molar-refractivity contribution < 1.29 is 9.53 Å². The van der Waals surface area contributed by atoms with Crippen molar-refractivity contribution in [3.8, 4) is 0 Å². The summed E-state index contributed by atoms with van der Waals surface area (Å²) in [7, 11) is 1.32. The van der Waals surface area contributed by atoms with Gasteiger partial charge in [-0.05, 0) is 6.07 Å². The van der Waals surface area contributed by atoms with Crippen molar-refractivity contribution in [3.63, 3.8) is 0 Å². The summed E-state index contributed by atoms with van der Waals surface area (Å²) in [4.78, 5) is 19.1. The molecule has 0 saturated heterocycles. The molecule has 6 heteroatoms. The second-order valence-electron chi connectivity index (χ2n) is 2.55. The number of fused-ring (bicyclic) bond motifs is 1. The van der Waals surface area contributed by atoms with Crippen LogP contribution >= 0.6 is 11.3 Å². The van der Waals surface area contributed by atoms with Crippen LogP contribution in [-0.4, -0.2) is 23.0 Å². The largest absolute Gasteiger partial charge is 0.464 e. The summed E-state index contributed by atoms with van der Waals surface area (Å²) in [5, 5.41) is 0.294. The number of thiazole rings is 1. The summed E-state index contributed by atoms with van der Waals surface area (Å²) in [6, 6.07) is 1.76. The average molecular weight is 209 g/mol. The monoisotopic (exact) mass is 209 g/mol. The molecular formula is C8H7N3O2S. The van der Waals surface area contributed by atoms with E-state index in [0.29, 0.717) is 16.3 Å². The fourth-order valence-electron chi connectivity index (χ4n) is 1.05. The van der Waals surface area contributed by atoms with Gasteiger partial charge in [0.15, 0.2) is 5.82 Å². The van der Waals surface area contributed by atoms with Gasteiger partial charge in [-0.1, -0.05) is 0 Å². The van der Waals surface area contributed by atoms with E-state index in [1.54, 1.807) is 12.3 Å². The Bertz CT molecular complexity index is 494. The predicted molar refractivity (Wildman–Crippen MR) is 53.2 cm³/mol. The van der Waals surface area contributed by atoms with E-state index in [1.807, 2.05) is 0 Å². The van der Waals surface area contributed by atoms with Crippen LogP contribution in [-0.2, 0) is 4.74 Å². The van der Waals surface area contributed by atoms with E-state index in [-0.39, 0.29) is 0 Å². The number of nitrogens with zero attached hydrogens (tertiary/aromatic N) is 2. The van der Waals surface area contributed by atoms with Crippen molar-refractivity contribution in [2.45, 2.75) is 0 Å². The minimum absolute atomic E-state index is 0.294. The van der Waals surface area contributed by atoms with Crippen molar-refractivity contribution in [3.05, 3.63) is 17.3 Å². The Morgan fingerprint density at radius 3 is 3.07 bits per heavy atom. The smallest absolute Gasteiger partial charge is 0.367 e. The normalized spacial score (nSPS) is 10.4. The van der Waals surface area contributed by atoms with Crippen LogP contribution in [0, 0.1) is 0 Å². The lowest BCUT2D eigenvalue weighted by atomic mass is 10.4. The molecule has 2 aromatic rings. The second-order valence-corrected chi connectivity index (χ2v) is 3.58. The number of methoxy groups -OCH3 is 1. The van der Waals surface area contributed by atoms with Gasteiger partial charge in [-0.15, -0.1) is 11.3 Å². The van der Waals surface area contributed by atoms with Crippen LogP contribution in [0.4, 0.5) is 5.82 Å². The molecule has 0 aliphatic heterocycles. The number of ether oxygens (including phenoxy) is 1. The van der Waals surface area contributed by atoms with Gasteiger partial charge in [0, 0.05) is 6.20 Å². The molecule has 0 spiro atoms. The Labute approximate surface area is 83.5 Å². The second kappa shape index (κ2) is 3.22. The standard InChI is InChI=1S/C8H7N3O2S/c1-13-8(12)7-11-5-4(14-7)2-3-10-6(5)9/h2-3H,1H3,(H2,9,10). The van der Waals surface area contributed by atoms with E-state index in [0.717, 1.165) is 4.70 Å². The van der Waals surface area contributed by atoms with Gasteiger partial charge in [-0.3, -0.25) is 0 Å². The average Bonchev–Trinajstić information content (AvgIpc) is 2.62. The molecule has 0 atom stereocenters. The zero-order valence-corrected chi connectivity index (χ0v) is 8.17. The van der Waals surface area contributed by atoms with Crippen LogP contribution in [0.2, 0.25) is 0 Å². The Balaban J connectivity index is 2.62. The Morgan fingerprint density at radius 1 is 1.64 bits per heavy atom. The van der Waals surface area contributed by atoms with Crippen molar-refractivity contribution in [1.82, 2.24) is 9.97 Å². The molecule has 0 saturated carbocycles. The van der Waals surface area contributed by atoms with Gasteiger partial charge in [-0.2, -0.15) is 0 Å². The molecule has 2 N–H and O–H groups in total. The van der Waals surface area contributed by atoms with Gasteiger partial charge in [0.05, 0.1) is 11.8 Å². The zero-order chi connectivity index (χ0) is 10.1. The summed E-state index contributed by atoms with van der Waals surface area (Å²) in [5.41, 5.74) is 6.15. The third-order valence-electron chi connectivity index (χ3n) is 1.70. The molecule has 2 heterocycles. The molecule has 2 rings (SSSR count). The third-order valence-corrected chi connectivity index (χ3v) is 2.70. The number of aromatic nitrogens is 2. The maximum Gasteiger partial charge on any atom is 0.367 e. The fraction of sp³-hybridized carbons (Fsp3) is 0.125. The van der Waals surface area contributed by atoms with Crippen molar-refractivity contribution in [1.29, 1.82) is 0 Å². The quantitative estimate of drug-likeness (QED) is 0.710. The van der Waals surface area contributed by atoms with E-state index >= 15 is 0 Å². The lowest BCUT2D eigenvalue weighted by Crippen LogP contribution is -1.99. The highest BCUT2D eigenvalue weighted by atomic mass is 32.1. The fourth-order valence-corrected chi connectivity index (χ4v) is 1.94. The maximum absolute atomic E-state index is 11.2. The van der Waals surface area contributed by atoms with Gasteiger partial charge in [0.1, 0.15) is 5.52 Å². The third kappa shape index (κ3) is 1.29. The van der Waals surface area contributed by atoms with Crippen LogP contribution in [0.3, 0.4) is 0 Å². The minimum atomic E-state index is -0.453. The molecular weight excluding hydrogens is 202 g/mol. The minimum Gasteiger partial charge on any atom is -0.464 e. The molecule has 0 amide bonds. The summed E-state index contributed by atoms with van der Waals surface area (Å²) in [5.74, 6) is -0.125. The van der Waals surface area contributed by atoms with Gasteiger partial charge in [0.25, 0.3) is 0 Å². The number of carbonyl (C=O) groups excluding carboxylic acids is 1. The van der Waals surface area contributed by atoms with E-state index in [4.69, 9.17) is 5.73 Å². The Hall–Kier alpha value is -1.69. The molecule has 0 aliphatic carbocycles. The highest BCUT2D eigenvalue weighted by molar-refractivity contribution is 7.20. The molecule has 0 bridgehead atoms. The SMILES string of the molecule is COC(=O)c1nc2c(N)nccc2s1. The number of rotatable bonds is 1. The van der Waals surface area contributed by atoms with Gasteiger partial charge < -0.3 is 10.5 Å². The van der Waals surface area contributed by atoms with Crippen LogP contribution < -0.4 is 5.73 Å². The summed E-state index contributed by atoms with van der Waals surface area (Å²) < 4.78 is 5.38. The highest BCUT2D eigenvalue weighted by Gasteiger charge is 2.13. The van der Waals surface area contributed by atoms with Gasteiger partial charge in [-0.25, -0.2) is 14.8 Å². The van der Waals surface area contributed by atoms with Crippen LogP contribution in [0.5, 0.6) is 0 Å². The highest BCUT2D eigenvalue weighted by Crippen LogP contribution is 2.24. The molecule has 14 heavy (non-hydrogen) atoms. The molecule has 72 valence electrons. The number of nitrogen functional groups attached to an aromatic ring is 1. The Morgan fingerprint density at radius 2 is 2.43 bits per heavy atom. The number of esters is 1. The lowest BCUT2D eigenvalue weighted by molar-refractivity contribution is 0.0600. The van der Waals surface area contributed by atoms with Crippen molar-refractivity contribution in [2.75, 3.05) is 12.8 Å². The van der Waals surface area contributed by atoms with E-state index in [2.05, 4.69) is 14.7 Å². The summed E-state index contributed by atoms with van der Waals surface area (Å²) in [6.45, 7) is 0. The van der Waals surface area contributed by atoms with Crippen LogP contribution in [0.15, 0.2) is 12.3 Å². The number of anilines is 1. The zero-order valence-electron chi connectivity index (χ0n) is 7.35. The number of hydrogen-bond donors (Lipinski definition) is 1. The summed E-state index contributed by atoms with van der Waals surface area (Å²) >= 11 is 1.24. The van der Waals surface area contributed by atoms with E-state index < -0.39 is 5.97 Å². The Kier molecular flexibility index (Phi) is 2.05. The van der Waals surface area contributed by atoms with Gasteiger partial charge in [0.2, 0.25) is 5.01 Å². The van der Waals surface area contributed by atoms with Crippen molar-refractivity contribution in [2.24, 2.45) is 0 Å². The molecule has 5 nitrogen and oxygen atoms in total. The molecule has 2 aromatic heterocycles. The maximum atomic E-state index is 11.2. The van der Waals surface area contributed by atoms with Crippen LogP contribution in [0.1, 0.15) is 9.80 Å². The molecule has 0 radical (unpaired) electrons. The topological polar surface area (TPSA) is 78.1 Å². The first-order valence-electron chi connectivity index (χ1n) is 3.81. The summed E-state index contributed by atoms with van der Waals surface area (Å²) in [6.07, 6.45) is 1.58. The number of pyridine rings is 1. The first-order chi connectivity index (χ1) is 6.72. The molecule has 0 aliphatic rings. The predicted octanol–water partition coefficient (Wildman–Crippen LogP) is 1.06. The van der Waals surface area contributed by atoms with E-state index in [9.17, 15) is 4.79 Å². The van der Waals surface area contributed by atoms with Crippen LogP contribution in [0.25, 0.3) is 10.2 Å². The molecule has 0 aromatic carbocycles. The molecule has 0 fully saturated rings. The van der Waals surface area contributed by atoms with Gasteiger partial charge >= 0.3 is 5.97 Å². The molecule has 0 unspecified atom stereocenters. The number of carbonyl (C=O) groups is 1.